The van der Waals surface area contributed by atoms with E-state index in [0.717, 1.165) is 19.3 Å². The van der Waals surface area contributed by atoms with Gasteiger partial charge < -0.3 is 10.2 Å². The summed E-state index contributed by atoms with van der Waals surface area (Å²) in [4.78, 5) is 25.4. The smallest absolute Gasteiger partial charge is 0.253 e. The summed E-state index contributed by atoms with van der Waals surface area (Å²) >= 11 is 0. The van der Waals surface area contributed by atoms with Crippen LogP contribution in [0.15, 0.2) is 29.2 Å². The van der Waals surface area contributed by atoms with E-state index in [4.69, 9.17) is 0 Å². The maximum Gasteiger partial charge on any atom is 0.253 e. The number of benzene rings is 1. The minimum Gasteiger partial charge on any atom is -0.352 e. The molecule has 1 aromatic rings. The van der Waals surface area contributed by atoms with Crippen LogP contribution in [0.1, 0.15) is 29.6 Å². The predicted octanol–water partition coefficient (Wildman–Crippen LogP) is 0.0894. The Kier molecular flexibility index (Phi) is 4.36. The third kappa shape index (κ3) is 3.89. The standard InChI is InChI=1S/C15H19N3O4S/c19-14(17-12-5-6-12)10-16-23(21,22)13-4-1-3-11(9-13)15(20)18-7-2-8-18/h1,3-4,9,12,16H,2,5-8,10H2,(H,17,19). The molecule has 23 heavy (non-hydrogen) atoms. The van der Waals surface area contributed by atoms with E-state index in [1.165, 1.54) is 18.2 Å². The van der Waals surface area contributed by atoms with E-state index in [9.17, 15) is 18.0 Å². The van der Waals surface area contributed by atoms with E-state index in [-0.39, 0.29) is 29.3 Å². The topological polar surface area (TPSA) is 95.6 Å². The van der Waals surface area contributed by atoms with Crippen molar-refractivity contribution in [1.82, 2.24) is 14.9 Å². The van der Waals surface area contributed by atoms with Crippen LogP contribution < -0.4 is 10.0 Å². The summed E-state index contributed by atoms with van der Waals surface area (Å²) in [6, 6.07) is 6.07. The molecule has 0 atom stereocenters. The molecule has 1 saturated heterocycles. The number of nitrogens with one attached hydrogen (secondary N) is 2. The van der Waals surface area contributed by atoms with E-state index in [0.29, 0.717) is 18.7 Å². The van der Waals surface area contributed by atoms with Crippen molar-refractivity contribution in [3.05, 3.63) is 29.8 Å². The quantitative estimate of drug-likeness (QED) is 0.769. The highest BCUT2D eigenvalue weighted by molar-refractivity contribution is 7.89. The molecule has 0 radical (unpaired) electrons. The maximum atomic E-state index is 12.3. The van der Waals surface area contributed by atoms with E-state index < -0.39 is 10.0 Å². The molecule has 2 amide bonds. The summed E-state index contributed by atoms with van der Waals surface area (Å²) in [5.74, 6) is -0.510. The van der Waals surface area contributed by atoms with Crippen molar-refractivity contribution < 1.29 is 18.0 Å². The number of rotatable bonds is 6. The van der Waals surface area contributed by atoms with Crippen LogP contribution in [0.3, 0.4) is 0 Å². The first-order chi connectivity index (χ1) is 11.0. The minimum atomic E-state index is -3.82. The van der Waals surface area contributed by atoms with Gasteiger partial charge in [0.2, 0.25) is 15.9 Å². The lowest BCUT2D eigenvalue weighted by atomic mass is 10.1. The summed E-state index contributed by atoms with van der Waals surface area (Å²) in [6.45, 7) is 1.11. The van der Waals surface area contributed by atoms with Gasteiger partial charge in [-0.1, -0.05) is 6.07 Å². The number of likely N-dealkylation sites (tertiary alicyclic amines) is 1. The lowest BCUT2D eigenvalue weighted by molar-refractivity contribution is -0.120. The third-order valence-electron chi connectivity index (χ3n) is 3.90. The number of hydrogen-bond donors (Lipinski definition) is 2. The van der Waals surface area contributed by atoms with Crippen LogP contribution in [-0.4, -0.2) is 50.8 Å². The predicted molar refractivity (Wildman–Crippen MR) is 83.3 cm³/mol. The molecular weight excluding hydrogens is 318 g/mol. The van der Waals surface area contributed by atoms with Crippen molar-refractivity contribution in [3.63, 3.8) is 0 Å². The van der Waals surface area contributed by atoms with Crippen LogP contribution in [0, 0.1) is 0 Å². The first kappa shape index (κ1) is 15.9. The second kappa shape index (κ2) is 6.29. The van der Waals surface area contributed by atoms with Gasteiger partial charge in [-0.05, 0) is 37.5 Å². The summed E-state index contributed by atoms with van der Waals surface area (Å²) in [6.07, 6.45) is 2.86. The fourth-order valence-corrected chi connectivity index (χ4v) is 3.28. The molecule has 0 aromatic heterocycles. The van der Waals surface area contributed by atoms with Gasteiger partial charge in [-0.2, -0.15) is 0 Å². The number of nitrogens with zero attached hydrogens (tertiary/aromatic N) is 1. The highest BCUT2D eigenvalue weighted by atomic mass is 32.2. The Morgan fingerprint density at radius 1 is 1.22 bits per heavy atom. The van der Waals surface area contributed by atoms with Gasteiger partial charge in [0.1, 0.15) is 0 Å². The van der Waals surface area contributed by atoms with Crippen molar-refractivity contribution in [2.24, 2.45) is 0 Å². The summed E-state index contributed by atoms with van der Waals surface area (Å²) in [7, 11) is -3.82. The molecular formula is C15H19N3O4S. The molecule has 0 spiro atoms. The Balaban J connectivity index is 1.66. The molecule has 8 heteroatoms. The van der Waals surface area contributed by atoms with Gasteiger partial charge in [0.15, 0.2) is 0 Å². The van der Waals surface area contributed by atoms with Crippen LogP contribution in [0.5, 0.6) is 0 Å². The molecule has 7 nitrogen and oxygen atoms in total. The number of carbonyl (C=O) groups is 2. The Hall–Kier alpha value is -1.93. The van der Waals surface area contributed by atoms with Crippen LogP contribution in [0.25, 0.3) is 0 Å². The minimum absolute atomic E-state index is 0.0110. The monoisotopic (exact) mass is 337 g/mol. The Labute approximate surface area is 135 Å². The number of amides is 2. The molecule has 1 aromatic carbocycles. The van der Waals surface area contributed by atoms with Gasteiger partial charge in [-0.25, -0.2) is 13.1 Å². The highest BCUT2D eigenvalue weighted by Crippen LogP contribution is 2.18. The first-order valence-electron chi connectivity index (χ1n) is 7.64. The van der Waals surface area contributed by atoms with Gasteiger partial charge in [-0.3, -0.25) is 9.59 Å². The van der Waals surface area contributed by atoms with Crippen molar-refractivity contribution in [1.29, 1.82) is 0 Å². The van der Waals surface area contributed by atoms with Crippen LogP contribution >= 0.6 is 0 Å². The number of sulfonamides is 1. The summed E-state index contributed by atoms with van der Waals surface area (Å²) in [5, 5.41) is 2.71. The van der Waals surface area contributed by atoms with E-state index >= 15 is 0 Å². The summed E-state index contributed by atoms with van der Waals surface area (Å²) in [5.41, 5.74) is 0.343. The van der Waals surface area contributed by atoms with Crippen LogP contribution in [-0.2, 0) is 14.8 Å². The normalized spacial score (nSPS) is 17.5. The molecule has 2 aliphatic rings. The van der Waals surface area contributed by atoms with Crippen molar-refractivity contribution in [3.8, 4) is 0 Å². The summed E-state index contributed by atoms with van der Waals surface area (Å²) < 4.78 is 26.8. The van der Waals surface area contributed by atoms with Gasteiger partial charge >= 0.3 is 0 Å². The average molecular weight is 337 g/mol. The zero-order valence-electron chi connectivity index (χ0n) is 12.6. The van der Waals surface area contributed by atoms with Crippen LogP contribution in [0.2, 0.25) is 0 Å². The first-order valence-corrected chi connectivity index (χ1v) is 9.12. The zero-order valence-corrected chi connectivity index (χ0v) is 13.4. The average Bonchev–Trinajstić information content (AvgIpc) is 3.27. The molecule has 2 N–H and O–H groups in total. The lowest BCUT2D eigenvalue weighted by Gasteiger charge is -2.30. The second-order valence-corrected chi connectivity index (χ2v) is 7.61. The number of carbonyl (C=O) groups excluding carboxylic acids is 2. The van der Waals surface area contributed by atoms with E-state index in [1.54, 1.807) is 11.0 Å². The van der Waals surface area contributed by atoms with Crippen molar-refractivity contribution >= 4 is 21.8 Å². The Morgan fingerprint density at radius 2 is 1.96 bits per heavy atom. The number of hydrogen-bond acceptors (Lipinski definition) is 4. The molecule has 1 heterocycles. The van der Waals surface area contributed by atoms with Crippen molar-refractivity contribution in [2.75, 3.05) is 19.6 Å². The molecule has 1 saturated carbocycles. The molecule has 1 aliphatic heterocycles. The van der Waals surface area contributed by atoms with Gasteiger partial charge in [0, 0.05) is 24.7 Å². The highest BCUT2D eigenvalue weighted by Gasteiger charge is 2.25. The molecule has 2 fully saturated rings. The Bertz CT molecular complexity index is 724. The lowest BCUT2D eigenvalue weighted by Crippen LogP contribution is -2.42. The maximum absolute atomic E-state index is 12.3. The zero-order chi connectivity index (χ0) is 16.4. The van der Waals surface area contributed by atoms with Gasteiger partial charge in [0.25, 0.3) is 5.91 Å². The third-order valence-corrected chi connectivity index (χ3v) is 5.30. The fraction of sp³-hybridized carbons (Fsp3) is 0.467. The SMILES string of the molecule is O=C(CNS(=O)(=O)c1cccc(C(=O)N2CCC2)c1)NC1CC1. The van der Waals surface area contributed by atoms with Crippen LogP contribution in [0.4, 0.5) is 0 Å². The molecule has 0 unspecified atom stereocenters. The molecule has 124 valence electrons. The fourth-order valence-electron chi connectivity index (χ4n) is 2.25. The molecule has 0 bridgehead atoms. The van der Waals surface area contributed by atoms with Crippen molar-refractivity contribution in [2.45, 2.75) is 30.2 Å². The van der Waals surface area contributed by atoms with Gasteiger partial charge in [-0.15, -0.1) is 0 Å². The molecule has 3 rings (SSSR count). The van der Waals surface area contributed by atoms with E-state index in [1.807, 2.05) is 0 Å². The van der Waals surface area contributed by atoms with Gasteiger partial charge in [0.05, 0.1) is 11.4 Å². The Morgan fingerprint density at radius 3 is 2.57 bits per heavy atom. The van der Waals surface area contributed by atoms with E-state index in [2.05, 4.69) is 10.0 Å². The largest absolute Gasteiger partial charge is 0.352 e. The molecule has 1 aliphatic carbocycles. The second-order valence-electron chi connectivity index (χ2n) is 5.84.